The molecule has 1 nitrogen and oxygen atoms in total. The van der Waals surface area contributed by atoms with E-state index in [1.807, 2.05) is 19.2 Å². The molecule has 4 heteroatoms. The summed E-state index contributed by atoms with van der Waals surface area (Å²) in [6, 6.07) is 12.9. The molecule has 0 amide bonds. The van der Waals surface area contributed by atoms with E-state index in [2.05, 4.69) is 33.4 Å². The van der Waals surface area contributed by atoms with E-state index in [-0.39, 0.29) is 5.82 Å². The van der Waals surface area contributed by atoms with Gasteiger partial charge in [-0.3, -0.25) is 0 Å². The summed E-state index contributed by atoms with van der Waals surface area (Å²) in [6.07, 6.45) is 0.779. The molecule has 1 unspecified atom stereocenters. The molecule has 1 atom stereocenters. The predicted molar refractivity (Wildman–Crippen MR) is 85.9 cm³/mol. The third kappa shape index (κ3) is 4.05. The third-order valence-electron chi connectivity index (χ3n) is 3.27. The van der Waals surface area contributed by atoms with Crippen molar-refractivity contribution >= 4 is 27.5 Å². The van der Waals surface area contributed by atoms with Gasteiger partial charge in [-0.05, 0) is 48.9 Å². The average molecular weight is 357 g/mol. The smallest absolute Gasteiger partial charge is 0.124 e. The van der Waals surface area contributed by atoms with E-state index in [9.17, 15) is 4.39 Å². The van der Waals surface area contributed by atoms with Crippen LogP contribution in [0.4, 0.5) is 4.39 Å². The summed E-state index contributed by atoms with van der Waals surface area (Å²) in [6.45, 7) is 0.843. The summed E-state index contributed by atoms with van der Waals surface area (Å²) in [7, 11) is 1.93. The lowest BCUT2D eigenvalue weighted by Crippen LogP contribution is -2.19. The standard InChI is InChI=1S/C16H16BrClFN/c1-20-10-13(11-2-5-14(17)6-3-11)8-12-4-7-15(19)9-16(12)18/h2-7,9,13,20H,8,10H2,1H3. The minimum absolute atomic E-state index is 0.299. The highest BCUT2D eigenvalue weighted by Gasteiger charge is 2.14. The zero-order chi connectivity index (χ0) is 14.5. The van der Waals surface area contributed by atoms with Crippen molar-refractivity contribution in [1.29, 1.82) is 0 Å². The lowest BCUT2D eigenvalue weighted by molar-refractivity contribution is 0.615. The quantitative estimate of drug-likeness (QED) is 0.812. The van der Waals surface area contributed by atoms with E-state index in [0.29, 0.717) is 10.9 Å². The first-order chi connectivity index (χ1) is 9.60. The zero-order valence-electron chi connectivity index (χ0n) is 11.2. The summed E-state index contributed by atoms with van der Waals surface area (Å²) in [4.78, 5) is 0. The van der Waals surface area contributed by atoms with Gasteiger partial charge in [-0.25, -0.2) is 4.39 Å². The van der Waals surface area contributed by atoms with Crippen LogP contribution >= 0.6 is 27.5 Å². The van der Waals surface area contributed by atoms with Crippen molar-refractivity contribution in [3.63, 3.8) is 0 Å². The summed E-state index contributed by atoms with van der Waals surface area (Å²) >= 11 is 9.56. The van der Waals surface area contributed by atoms with Crippen molar-refractivity contribution in [3.05, 3.63) is 68.9 Å². The van der Waals surface area contributed by atoms with E-state index in [4.69, 9.17) is 11.6 Å². The molecule has 0 saturated heterocycles. The number of hydrogen-bond donors (Lipinski definition) is 1. The molecule has 0 heterocycles. The fourth-order valence-electron chi connectivity index (χ4n) is 2.24. The highest BCUT2D eigenvalue weighted by atomic mass is 79.9. The summed E-state index contributed by atoms with van der Waals surface area (Å²) < 4.78 is 14.2. The molecule has 0 radical (unpaired) electrons. The Morgan fingerprint density at radius 3 is 2.50 bits per heavy atom. The molecule has 0 aliphatic rings. The molecule has 2 aromatic rings. The first kappa shape index (κ1) is 15.5. The number of benzene rings is 2. The SMILES string of the molecule is CNCC(Cc1ccc(F)cc1Cl)c1ccc(Br)cc1. The van der Waals surface area contributed by atoms with Gasteiger partial charge in [0, 0.05) is 22.0 Å². The maximum Gasteiger partial charge on any atom is 0.124 e. The van der Waals surface area contributed by atoms with Crippen molar-refractivity contribution in [2.75, 3.05) is 13.6 Å². The molecule has 2 aromatic carbocycles. The number of hydrogen-bond acceptors (Lipinski definition) is 1. The molecule has 0 aromatic heterocycles. The molecular formula is C16H16BrClFN. The first-order valence-electron chi connectivity index (χ1n) is 6.44. The van der Waals surface area contributed by atoms with Gasteiger partial charge in [-0.1, -0.05) is 45.7 Å². The topological polar surface area (TPSA) is 12.0 Å². The molecule has 0 bridgehead atoms. The van der Waals surface area contributed by atoms with E-state index < -0.39 is 0 Å². The van der Waals surface area contributed by atoms with Crippen LogP contribution in [0.25, 0.3) is 0 Å². The lowest BCUT2D eigenvalue weighted by atomic mass is 9.92. The largest absolute Gasteiger partial charge is 0.319 e. The Hall–Kier alpha value is -0.900. The van der Waals surface area contributed by atoms with Gasteiger partial charge < -0.3 is 5.32 Å². The molecule has 106 valence electrons. The van der Waals surface area contributed by atoms with Crippen LogP contribution in [0.1, 0.15) is 17.0 Å². The minimum atomic E-state index is -0.299. The van der Waals surface area contributed by atoms with Crippen LogP contribution in [0, 0.1) is 5.82 Å². The molecule has 20 heavy (non-hydrogen) atoms. The summed E-state index contributed by atoms with van der Waals surface area (Å²) in [5.41, 5.74) is 2.21. The van der Waals surface area contributed by atoms with E-state index >= 15 is 0 Å². The number of nitrogens with one attached hydrogen (secondary N) is 1. The Labute approximate surface area is 132 Å². The maximum atomic E-state index is 13.1. The van der Waals surface area contributed by atoms with Crippen molar-refractivity contribution in [2.45, 2.75) is 12.3 Å². The molecule has 1 N–H and O–H groups in total. The van der Waals surface area contributed by atoms with E-state index in [0.717, 1.165) is 23.0 Å². The van der Waals surface area contributed by atoms with Crippen LogP contribution in [0.5, 0.6) is 0 Å². The molecule has 0 saturated carbocycles. The van der Waals surface area contributed by atoms with Crippen molar-refractivity contribution in [2.24, 2.45) is 0 Å². The molecule has 0 spiro atoms. The van der Waals surface area contributed by atoms with Crippen LogP contribution in [0.2, 0.25) is 5.02 Å². The fourth-order valence-corrected chi connectivity index (χ4v) is 2.75. The van der Waals surface area contributed by atoms with Gasteiger partial charge in [-0.2, -0.15) is 0 Å². The highest BCUT2D eigenvalue weighted by molar-refractivity contribution is 9.10. The normalized spacial score (nSPS) is 12.4. The Balaban J connectivity index is 2.22. The van der Waals surface area contributed by atoms with Crippen LogP contribution in [-0.4, -0.2) is 13.6 Å². The first-order valence-corrected chi connectivity index (χ1v) is 7.61. The maximum absolute atomic E-state index is 13.1. The third-order valence-corrected chi connectivity index (χ3v) is 4.15. The number of likely N-dealkylation sites (N-methyl/N-ethyl adjacent to an activating group) is 1. The summed E-state index contributed by atoms with van der Waals surface area (Å²) in [5, 5.41) is 3.69. The molecule has 0 aliphatic carbocycles. The van der Waals surface area contributed by atoms with Crippen molar-refractivity contribution < 1.29 is 4.39 Å². The summed E-state index contributed by atoms with van der Waals surface area (Å²) in [5.74, 6) is 0.00335. The van der Waals surface area contributed by atoms with E-state index in [1.165, 1.54) is 17.7 Å². The second kappa shape index (κ2) is 7.21. The number of halogens is 3. The van der Waals surface area contributed by atoms with Gasteiger partial charge in [0.1, 0.15) is 5.82 Å². The molecule has 0 fully saturated rings. The molecular weight excluding hydrogens is 341 g/mol. The van der Waals surface area contributed by atoms with Crippen LogP contribution in [0.3, 0.4) is 0 Å². The Kier molecular flexibility index (Phi) is 5.58. The van der Waals surface area contributed by atoms with Crippen LogP contribution < -0.4 is 5.32 Å². The van der Waals surface area contributed by atoms with Gasteiger partial charge in [0.2, 0.25) is 0 Å². The highest BCUT2D eigenvalue weighted by Crippen LogP contribution is 2.26. The molecule has 0 aliphatic heterocycles. The van der Waals surface area contributed by atoms with Gasteiger partial charge in [0.25, 0.3) is 0 Å². The van der Waals surface area contributed by atoms with Gasteiger partial charge in [0.15, 0.2) is 0 Å². The van der Waals surface area contributed by atoms with Crippen molar-refractivity contribution in [3.8, 4) is 0 Å². The second-order valence-corrected chi connectivity index (χ2v) is 6.07. The van der Waals surface area contributed by atoms with E-state index in [1.54, 1.807) is 6.07 Å². The minimum Gasteiger partial charge on any atom is -0.319 e. The molecule has 2 rings (SSSR count). The van der Waals surface area contributed by atoms with Gasteiger partial charge in [0.05, 0.1) is 0 Å². The Morgan fingerprint density at radius 1 is 1.20 bits per heavy atom. The van der Waals surface area contributed by atoms with Crippen molar-refractivity contribution in [1.82, 2.24) is 5.32 Å². The van der Waals surface area contributed by atoms with Gasteiger partial charge >= 0.3 is 0 Å². The number of rotatable bonds is 5. The zero-order valence-corrected chi connectivity index (χ0v) is 13.5. The second-order valence-electron chi connectivity index (χ2n) is 4.75. The Bertz CT molecular complexity index is 571. The van der Waals surface area contributed by atoms with Crippen LogP contribution in [0.15, 0.2) is 46.9 Å². The van der Waals surface area contributed by atoms with Gasteiger partial charge in [-0.15, -0.1) is 0 Å². The predicted octanol–water partition coefficient (Wildman–Crippen LogP) is 4.79. The van der Waals surface area contributed by atoms with Crippen LogP contribution in [-0.2, 0) is 6.42 Å². The average Bonchev–Trinajstić information content (AvgIpc) is 2.42. The fraction of sp³-hybridized carbons (Fsp3) is 0.250. The monoisotopic (exact) mass is 355 g/mol. The Morgan fingerprint density at radius 2 is 1.90 bits per heavy atom. The lowest BCUT2D eigenvalue weighted by Gasteiger charge is -2.18.